The molecule has 0 bridgehead atoms. The standard InChI is InChI=1S/C12H17NO4/c1-12(2,7-13)17-9-5-4-8(11(14)15)6-10(9)16-3/h4-6H,7,13H2,1-3H3,(H,14,15). The Morgan fingerprint density at radius 3 is 2.53 bits per heavy atom. The number of hydrogen-bond acceptors (Lipinski definition) is 4. The van der Waals surface area contributed by atoms with E-state index in [0.717, 1.165) is 0 Å². The molecule has 5 nitrogen and oxygen atoms in total. The van der Waals surface area contributed by atoms with Gasteiger partial charge in [0.15, 0.2) is 11.5 Å². The average molecular weight is 239 g/mol. The first kappa shape index (κ1) is 13.3. The molecular formula is C12H17NO4. The molecule has 0 atom stereocenters. The smallest absolute Gasteiger partial charge is 0.335 e. The topological polar surface area (TPSA) is 81.8 Å². The lowest BCUT2D eigenvalue weighted by Gasteiger charge is -2.25. The number of nitrogens with two attached hydrogens (primary N) is 1. The van der Waals surface area contributed by atoms with Crippen molar-refractivity contribution in [1.82, 2.24) is 0 Å². The largest absolute Gasteiger partial charge is 0.493 e. The van der Waals surface area contributed by atoms with E-state index in [2.05, 4.69) is 0 Å². The van der Waals surface area contributed by atoms with Crippen molar-refractivity contribution in [2.75, 3.05) is 13.7 Å². The third kappa shape index (κ3) is 3.35. The van der Waals surface area contributed by atoms with Crippen LogP contribution in [0.4, 0.5) is 0 Å². The monoisotopic (exact) mass is 239 g/mol. The van der Waals surface area contributed by atoms with Gasteiger partial charge in [-0.25, -0.2) is 4.79 Å². The number of carboxylic acid groups (broad SMARTS) is 1. The summed E-state index contributed by atoms with van der Waals surface area (Å²) in [6.45, 7) is 4.03. The zero-order chi connectivity index (χ0) is 13.1. The van der Waals surface area contributed by atoms with Crippen molar-refractivity contribution in [2.45, 2.75) is 19.4 Å². The Bertz CT molecular complexity index is 415. The van der Waals surface area contributed by atoms with Gasteiger partial charge in [0.1, 0.15) is 5.60 Å². The Hall–Kier alpha value is -1.75. The van der Waals surface area contributed by atoms with Crippen LogP contribution >= 0.6 is 0 Å². The molecule has 1 rings (SSSR count). The molecule has 0 radical (unpaired) electrons. The molecule has 3 N–H and O–H groups in total. The van der Waals surface area contributed by atoms with Gasteiger partial charge in [0.2, 0.25) is 0 Å². The summed E-state index contributed by atoms with van der Waals surface area (Å²) in [5.41, 5.74) is 5.19. The van der Waals surface area contributed by atoms with Crippen LogP contribution in [-0.4, -0.2) is 30.3 Å². The lowest BCUT2D eigenvalue weighted by Crippen LogP contribution is -2.37. The number of methoxy groups -OCH3 is 1. The minimum atomic E-state index is -1.01. The molecule has 0 aliphatic carbocycles. The Morgan fingerprint density at radius 1 is 1.41 bits per heavy atom. The molecule has 0 fully saturated rings. The van der Waals surface area contributed by atoms with Crippen LogP contribution in [0.5, 0.6) is 11.5 Å². The lowest BCUT2D eigenvalue weighted by molar-refractivity contribution is 0.0696. The second-order valence-corrected chi connectivity index (χ2v) is 4.24. The van der Waals surface area contributed by atoms with E-state index in [1.165, 1.54) is 19.2 Å². The van der Waals surface area contributed by atoms with Crippen LogP contribution in [0.2, 0.25) is 0 Å². The van der Waals surface area contributed by atoms with Crippen molar-refractivity contribution in [3.05, 3.63) is 23.8 Å². The highest BCUT2D eigenvalue weighted by molar-refractivity contribution is 5.88. The highest BCUT2D eigenvalue weighted by Crippen LogP contribution is 2.30. The number of benzene rings is 1. The summed E-state index contributed by atoms with van der Waals surface area (Å²) in [5, 5.41) is 8.86. The molecule has 0 saturated carbocycles. The fourth-order valence-electron chi connectivity index (χ4n) is 1.22. The van der Waals surface area contributed by atoms with Crippen molar-refractivity contribution >= 4 is 5.97 Å². The molecular weight excluding hydrogens is 222 g/mol. The molecule has 0 amide bonds. The van der Waals surface area contributed by atoms with Crippen LogP contribution in [0.15, 0.2) is 18.2 Å². The third-order valence-corrected chi connectivity index (χ3v) is 2.29. The van der Waals surface area contributed by atoms with Crippen molar-refractivity contribution in [2.24, 2.45) is 5.73 Å². The van der Waals surface area contributed by atoms with Crippen LogP contribution < -0.4 is 15.2 Å². The Labute approximate surface area is 100 Å². The van der Waals surface area contributed by atoms with Gasteiger partial charge >= 0.3 is 5.97 Å². The third-order valence-electron chi connectivity index (χ3n) is 2.29. The maximum atomic E-state index is 10.8. The first-order valence-electron chi connectivity index (χ1n) is 5.20. The highest BCUT2D eigenvalue weighted by atomic mass is 16.5. The fraction of sp³-hybridized carbons (Fsp3) is 0.417. The van der Waals surface area contributed by atoms with Gasteiger partial charge in [-0.3, -0.25) is 0 Å². The Kier molecular flexibility index (Phi) is 3.96. The molecule has 5 heteroatoms. The average Bonchev–Trinajstić information content (AvgIpc) is 2.29. The van der Waals surface area contributed by atoms with Gasteiger partial charge < -0.3 is 20.3 Å². The predicted molar refractivity (Wildman–Crippen MR) is 63.7 cm³/mol. The van der Waals surface area contributed by atoms with Gasteiger partial charge in [-0.1, -0.05) is 0 Å². The fourth-order valence-corrected chi connectivity index (χ4v) is 1.22. The van der Waals surface area contributed by atoms with Crippen LogP contribution in [0, 0.1) is 0 Å². The van der Waals surface area contributed by atoms with Crippen molar-refractivity contribution in [3.8, 4) is 11.5 Å². The normalized spacial score (nSPS) is 11.1. The number of carboxylic acids is 1. The number of ether oxygens (including phenoxy) is 2. The molecule has 0 aliphatic rings. The van der Waals surface area contributed by atoms with E-state index in [0.29, 0.717) is 18.0 Å². The van der Waals surface area contributed by atoms with Gasteiger partial charge in [0.05, 0.1) is 12.7 Å². The summed E-state index contributed by atoms with van der Waals surface area (Å²) in [6.07, 6.45) is 0. The highest BCUT2D eigenvalue weighted by Gasteiger charge is 2.20. The minimum Gasteiger partial charge on any atom is -0.493 e. The quantitative estimate of drug-likeness (QED) is 0.813. The zero-order valence-corrected chi connectivity index (χ0v) is 10.2. The molecule has 0 aromatic heterocycles. The molecule has 0 unspecified atom stereocenters. The summed E-state index contributed by atoms with van der Waals surface area (Å²) in [6, 6.07) is 4.46. The predicted octanol–water partition coefficient (Wildman–Crippen LogP) is 1.51. The van der Waals surface area contributed by atoms with E-state index in [-0.39, 0.29) is 5.56 Å². The summed E-state index contributed by atoms with van der Waals surface area (Å²) in [5.74, 6) is -0.146. The molecule has 94 valence electrons. The summed E-state index contributed by atoms with van der Waals surface area (Å²) < 4.78 is 10.8. The Morgan fingerprint density at radius 2 is 2.06 bits per heavy atom. The van der Waals surface area contributed by atoms with Crippen LogP contribution in [0.3, 0.4) is 0 Å². The maximum Gasteiger partial charge on any atom is 0.335 e. The number of rotatable bonds is 5. The summed E-state index contributed by atoms with van der Waals surface area (Å²) in [7, 11) is 1.46. The molecule has 17 heavy (non-hydrogen) atoms. The SMILES string of the molecule is COc1cc(C(=O)O)ccc1OC(C)(C)CN. The first-order valence-corrected chi connectivity index (χ1v) is 5.20. The van der Waals surface area contributed by atoms with Gasteiger partial charge in [0, 0.05) is 6.54 Å². The van der Waals surface area contributed by atoms with Gasteiger partial charge in [-0.2, -0.15) is 0 Å². The first-order chi connectivity index (χ1) is 7.89. The van der Waals surface area contributed by atoms with Gasteiger partial charge in [0.25, 0.3) is 0 Å². The number of carbonyl (C=O) groups is 1. The second kappa shape index (κ2) is 5.05. The van der Waals surface area contributed by atoms with E-state index < -0.39 is 11.6 Å². The number of hydrogen-bond donors (Lipinski definition) is 2. The molecule has 0 spiro atoms. The van der Waals surface area contributed by atoms with E-state index >= 15 is 0 Å². The zero-order valence-electron chi connectivity index (χ0n) is 10.2. The molecule has 0 heterocycles. The summed E-state index contributed by atoms with van der Waals surface area (Å²) in [4.78, 5) is 10.8. The number of aromatic carboxylic acids is 1. The molecule has 0 aliphatic heterocycles. The van der Waals surface area contributed by atoms with Gasteiger partial charge in [-0.05, 0) is 32.0 Å². The van der Waals surface area contributed by atoms with E-state index in [9.17, 15) is 4.79 Å². The van der Waals surface area contributed by atoms with E-state index in [1.54, 1.807) is 6.07 Å². The minimum absolute atomic E-state index is 0.153. The van der Waals surface area contributed by atoms with Crippen LogP contribution in [0.1, 0.15) is 24.2 Å². The summed E-state index contributed by atoms with van der Waals surface area (Å²) >= 11 is 0. The van der Waals surface area contributed by atoms with Crippen LogP contribution in [-0.2, 0) is 0 Å². The Balaban J connectivity index is 3.05. The van der Waals surface area contributed by atoms with Crippen molar-refractivity contribution in [1.29, 1.82) is 0 Å². The lowest BCUT2D eigenvalue weighted by atomic mass is 10.1. The van der Waals surface area contributed by atoms with E-state index in [1.807, 2.05) is 13.8 Å². The van der Waals surface area contributed by atoms with Crippen LogP contribution in [0.25, 0.3) is 0 Å². The molecule has 1 aromatic carbocycles. The molecule has 1 aromatic rings. The second-order valence-electron chi connectivity index (χ2n) is 4.24. The molecule has 0 saturated heterocycles. The van der Waals surface area contributed by atoms with E-state index in [4.69, 9.17) is 20.3 Å². The maximum absolute atomic E-state index is 10.8. The van der Waals surface area contributed by atoms with Crippen molar-refractivity contribution < 1.29 is 19.4 Å². The van der Waals surface area contributed by atoms with Crippen molar-refractivity contribution in [3.63, 3.8) is 0 Å². The van der Waals surface area contributed by atoms with Gasteiger partial charge in [-0.15, -0.1) is 0 Å².